The number of hydrogen-bond donors (Lipinski definition) is 0. The number of hydrogen-bond acceptors (Lipinski definition) is 6. The maximum Gasteiger partial charge on any atom is 0.313 e. The maximum absolute atomic E-state index is 12.3. The van der Waals surface area contributed by atoms with Gasteiger partial charge in [-0.05, 0) is 71.5 Å². The molecule has 5 nitrogen and oxygen atoms in total. The first-order valence-corrected chi connectivity index (χ1v) is 11.5. The number of rotatable bonds is 10. The molecule has 0 aliphatic carbocycles. The molecule has 162 valence electrons. The number of thiophene rings is 1. The van der Waals surface area contributed by atoms with Crippen molar-refractivity contribution in [3.8, 4) is 5.75 Å². The predicted molar refractivity (Wildman–Crippen MR) is 121 cm³/mol. The summed E-state index contributed by atoms with van der Waals surface area (Å²) in [6.45, 7) is 13.2. The van der Waals surface area contributed by atoms with Crippen molar-refractivity contribution in [2.24, 2.45) is 5.92 Å². The molecule has 1 aromatic carbocycles. The highest BCUT2D eigenvalue weighted by atomic mass is 32.1. The molecule has 2 aromatic rings. The van der Waals surface area contributed by atoms with Gasteiger partial charge < -0.3 is 14.2 Å². The Balaban J connectivity index is 1.74. The number of nitrogens with zero attached hydrogens (tertiary/aromatic N) is 1. The number of esters is 1. The van der Waals surface area contributed by atoms with Crippen LogP contribution in [0, 0.1) is 5.92 Å². The monoisotopic (exact) mass is 429 g/mol. The molecular formula is C24H31NO4S. The number of morpholine rings is 1. The summed E-state index contributed by atoms with van der Waals surface area (Å²) in [5.41, 5.74) is 4.11. The van der Waals surface area contributed by atoms with Gasteiger partial charge in [-0.15, -0.1) is 0 Å². The molecule has 1 atom stereocenters. The molecular weight excluding hydrogens is 398 g/mol. The minimum absolute atomic E-state index is 0.248. The molecule has 3 rings (SSSR count). The summed E-state index contributed by atoms with van der Waals surface area (Å²) in [6.07, 6.45) is 0.793. The Morgan fingerprint density at radius 1 is 1.30 bits per heavy atom. The van der Waals surface area contributed by atoms with E-state index >= 15 is 0 Å². The highest BCUT2D eigenvalue weighted by molar-refractivity contribution is 7.07. The summed E-state index contributed by atoms with van der Waals surface area (Å²) in [6, 6.07) is 8.23. The molecule has 0 N–H and O–H groups in total. The zero-order valence-electron chi connectivity index (χ0n) is 17.9. The summed E-state index contributed by atoms with van der Waals surface area (Å²) in [7, 11) is 0. The number of carbonyl (C=O) groups excluding carboxylic acids is 1. The van der Waals surface area contributed by atoms with Crippen LogP contribution in [0.25, 0.3) is 5.57 Å². The van der Waals surface area contributed by atoms with Gasteiger partial charge in [-0.25, -0.2) is 0 Å². The van der Waals surface area contributed by atoms with Crippen LogP contribution >= 0.6 is 11.3 Å². The van der Waals surface area contributed by atoms with Crippen LogP contribution in [0.2, 0.25) is 0 Å². The Hall–Kier alpha value is -2.15. The first-order chi connectivity index (χ1) is 14.6. The van der Waals surface area contributed by atoms with E-state index in [1.807, 2.05) is 26.0 Å². The van der Waals surface area contributed by atoms with E-state index in [1.54, 1.807) is 11.3 Å². The molecule has 0 amide bonds. The van der Waals surface area contributed by atoms with Gasteiger partial charge in [-0.3, -0.25) is 9.69 Å². The molecule has 0 bridgehead atoms. The van der Waals surface area contributed by atoms with Gasteiger partial charge in [0.25, 0.3) is 0 Å². The van der Waals surface area contributed by atoms with Crippen LogP contribution in [0.4, 0.5) is 0 Å². The Labute approximate surface area is 183 Å². The van der Waals surface area contributed by atoms with Gasteiger partial charge in [0.05, 0.1) is 25.7 Å². The molecule has 0 spiro atoms. The molecule has 1 unspecified atom stereocenters. The molecule has 0 saturated carbocycles. The smallest absolute Gasteiger partial charge is 0.313 e. The first-order valence-electron chi connectivity index (χ1n) is 10.5. The second-order valence-corrected chi connectivity index (χ2v) is 8.21. The lowest BCUT2D eigenvalue weighted by atomic mass is 9.89. The average Bonchev–Trinajstić information content (AvgIpc) is 3.27. The number of carbonyl (C=O) groups is 1. The fourth-order valence-corrected chi connectivity index (χ4v) is 4.14. The largest absolute Gasteiger partial charge is 0.492 e. The molecule has 6 heteroatoms. The third-order valence-corrected chi connectivity index (χ3v) is 6.08. The van der Waals surface area contributed by atoms with Gasteiger partial charge in [0.1, 0.15) is 12.4 Å². The fraction of sp³-hybridized carbons (Fsp3) is 0.458. The SMILES string of the molecule is C=C(c1cc(OCCN2CCOCC2)ccc1Cc1ccsc1)C(C)C(=O)OCC. The van der Waals surface area contributed by atoms with Crippen LogP contribution in [0.5, 0.6) is 5.75 Å². The molecule has 2 heterocycles. The van der Waals surface area contributed by atoms with Crippen molar-refractivity contribution in [2.75, 3.05) is 46.1 Å². The maximum atomic E-state index is 12.3. The lowest BCUT2D eigenvalue weighted by Crippen LogP contribution is -2.38. The summed E-state index contributed by atoms with van der Waals surface area (Å²) in [4.78, 5) is 14.6. The minimum Gasteiger partial charge on any atom is -0.492 e. The van der Waals surface area contributed by atoms with Crippen LogP contribution < -0.4 is 4.74 Å². The number of ether oxygens (including phenoxy) is 3. The van der Waals surface area contributed by atoms with E-state index in [4.69, 9.17) is 14.2 Å². The Kier molecular flexibility index (Phi) is 8.49. The number of benzene rings is 1. The van der Waals surface area contributed by atoms with Crippen LogP contribution in [0.3, 0.4) is 0 Å². The van der Waals surface area contributed by atoms with Gasteiger partial charge in [0.2, 0.25) is 0 Å². The second kappa shape index (κ2) is 11.3. The molecule has 1 aliphatic heterocycles. The molecule has 1 saturated heterocycles. The van der Waals surface area contributed by atoms with Crippen LogP contribution in [-0.2, 0) is 20.7 Å². The third kappa shape index (κ3) is 6.17. The van der Waals surface area contributed by atoms with Crippen LogP contribution in [0.15, 0.2) is 41.6 Å². The molecule has 30 heavy (non-hydrogen) atoms. The lowest BCUT2D eigenvalue weighted by Gasteiger charge is -2.26. The van der Waals surface area contributed by atoms with E-state index in [0.29, 0.717) is 13.2 Å². The van der Waals surface area contributed by atoms with Crippen LogP contribution in [0.1, 0.15) is 30.5 Å². The Bertz CT molecular complexity index is 828. The molecule has 1 aromatic heterocycles. The molecule has 1 aliphatic rings. The van der Waals surface area contributed by atoms with Crippen molar-refractivity contribution < 1.29 is 19.0 Å². The van der Waals surface area contributed by atoms with Gasteiger partial charge in [-0.2, -0.15) is 11.3 Å². The van der Waals surface area contributed by atoms with Crippen LogP contribution in [-0.4, -0.2) is 56.9 Å². The third-order valence-electron chi connectivity index (χ3n) is 5.34. The second-order valence-electron chi connectivity index (χ2n) is 7.43. The van der Waals surface area contributed by atoms with Crippen molar-refractivity contribution in [3.05, 3.63) is 58.3 Å². The van der Waals surface area contributed by atoms with Crippen molar-refractivity contribution in [1.29, 1.82) is 0 Å². The van der Waals surface area contributed by atoms with Crippen molar-refractivity contribution in [2.45, 2.75) is 20.3 Å². The molecule has 0 radical (unpaired) electrons. The summed E-state index contributed by atoms with van der Waals surface area (Å²) in [5, 5.41) is 4.22. The summed E-state index contributed by atoms with van der Waals surface area (Å²) < 4.78 is 16.6. The van der Waals surface area contributed by atoms with Gasteiger partial charge >= 0.3 is 5.97 Å². The predicted octanol–water partition coefficient (Wildman–Crippen LogP) is 4.26. The highest BCUT2D eigenvalue weighted by Gasteiger charge is 2.21. The zero-order valence-corrected chi connectivity index (χ0v) is 18.7. The summed E-state index contributed by atoms with van der Waals surface area (Å²) in [5.74, 6) is 0.141. The van der Waals surface area contributed by atoms with E-state index in [0.717, 1.165) is 61.7 Å². The lowest BCUT2D eigenvalue weighted by molar-refractivity contribution is -0.145. The van der Waals surface area contributed by atoms with E-state index in [-0.39, 0.29) is 5.97 Å². The van der Waals surface area contributed by atoms with E-state index in [2.05, 4.69) is 34.4 Å². The van der Waals surface area contributed by atoms with E-state index < -0.39 is 5.92 Å². The standard InChI is InChI=1S/C24H31NO4S/c1-4-28-24(26)19(3)18(2)23-16-22(29-13-10-25-8-11-27-12-9-25)6-5-21(23)15-20-7-14-30-17-20/h5-7,14,16-17,19H,2,4,8-13,15H2,1,3H3. The minimum atomic E-state index is -0.408. The fourth-order valence-electron chi connectivity index (χ4n) is 3.47. The van der Waals surface area contributed by atoms with E-state index in [9.17, 15) is 4.79 Å². The quantitative estimate of drug-likeness (QED) is 0.528. The van der Waals surface area contributed by atoms with Crippen molar-refractivity contribution >= 4 is 22.9 Å². The first kappa shape index (κ1) is 22.5. The average molecular weight is 430 g/mol. The highest BCUT2D eigenvalue weighted by Crippen LogP contribution is 2.31. The summed E-state index contributed by atoms with van der Waals surface area (Å²) >= 11 is 1.68. The van der Waals surface area contributed by atoms with Crippen molar-refractivity contribution in [3.63, 3.8) is 0 Å². The topological polar surface area (TPSA) is 48.0 Å². The zero-order chi connectivity index (χ0) is 21.3. The van der Waals surface area contributed by atoms with Gasteiger partial charge in [-0.1, -0.05) is 12.6 Å². The Morgan fingerprint density at radius 3 is 2.80 bits per heavy atom. The van der Waals surface area contributed by atoms with Gasteiger partial charge in [0.15, 0.2) is 0 Å². The Morgan fingerprint density at radius 2 is 2.10 bits per heavy atom. The molecule has 1 fully saturated rings. The van der Waals surface area contributed by atoms with E-state index in [1.165, 1.54) is 5.56 Å². The normalized spacial score (nSPS) is 15.5. The van der Waals surface area contributed by atoms with Crippen molar-refractivity contribution in [1.82, 2.24) is 4.90 Å². The van der Waals surface area contributed by atoms with Gasteiger partial charge in [0, 0.05) is 19.6 Å².